The predicted octanol–water partition coefficient (Wildman–Crippen LogP) is 4.14. The maximum atomic E-state index is 5.41. The number of hydrazone groups is 1. The van der Waals surface area contributed by atoms with Gasteiger partial charge in [0.1, 0.15) is 0 Å². The minimum atomic E-state index is 0.254. The van der Waals surface area contributed by atoms with Gasteiger partial charge in [-0.05, 0) is 53.1 Å². The van der Waals surface area contributed by atoms with Crippen molar-refractivity contribution in [1.82, 2.24) is 15.0 Å². The molecule has 136 valence electrons. The fourth-order valence-corrected chi connectivity index (χ4v) is 3.08. The van der Waals surface area contributed by atoms with E-state index < -0.39 is 0 Å². The quantitative estimate of drug-likeness (QED) is 0.193. The summed E-state index contributed by atoms with van der Waals surface area (Å²) in [4.78, 5) is 12.9. The number of hydrogen-bond acceptors (Lipinski definition) is 6. The molecule has 6 nitrogen and oxygen atoms in total. The smallest absolute Gasteiger partial charge is 0.244 e. The van der Waals surface area contributed by atoms with Gasteiger partial charge in [-0.3, -0.25) is 15.0 Å². The predicted molar refractivity (Wildman–Crippen MR) is 110 cm³/mol. The van der Waals surface area contributed by atoms with Crippen molar-refractivity contribution in [2.24, 2.45) is 10.9 Å². The second-order valence-electron chi connectivity index (χ2n) is 6.01. The molecule has 1 aromatic carbocycles. The lowest BCUT2D eigenvalue weighted by atomic mass is 9.98. The third kappa shape index (κ3) is 3.31. The molecule has 2 N–H and O–H groups in total. The first-order valence-electron chi connectivity index (χ1n) is 8.60. The molecule has 28 heavy (non-hydrogen) atoms. The number of fused-ring (bicyclic) bond motifs is 1. The largest absolute Gasteiger partial charge is 0.446 e. The molecule has 6 heteroatoms. The first-order chi connectivity index (χ1) is 13.8. The maximum absolute atomic E-state index is 5.41. The van der Waals surface area contributed by atoms with Gasteiger partial charge in [-0.2, -0.15) is 0 Å². The van der Waals surface area contributed by atoms with E-state index in [1.165, 1.54) is 6.26 Å². The fraction of sp³-hybridized carbons (Fsp3) is 0. The number of pyridine rings is 3. The summed E-state index contributed by atoms with van der Waals surface area (Å²) in [6.07, 6.45) is 10.1. The number of rotatable bonds is 4. The van der Waals surface area contributed by atoms with Crippen LogP contribution in [-0.2, 0) is 4.74 Å². The first kappa shape index (κ1) is 17.4. The monoisotopic (exact) mass is 367 g/mol. The standard InChI is InChI=1S/C22H17N5O/c1-2-28-22(27-23)18-11-17(13-25-14-18)16-3-4-21-20(12-16)19(7-10-26-21)15-5-8-24-9-6-15/h2-14H,1,23H2/b27-22-. The Hall–Kier alpha value is -4.06. The SMILES string of the molecule is C=CO/C(=N\N)c1cncc(-c2ccc3nccc(-c4ccncc4)c3c2)c1. The molecular formula is C22H17N5O. The Kier molecular flexibility index (Phi) is 4.76. The molecule has 0 atom stereocenters. The Morgan fingerprint density at radius 1 is 0.929 bits per heavy atom. The third-order valence-electron chi connectivity index (χ3n) is 4.36. The second kappa shape index (κ2) is 7.67. The molecule has 0 unspecified atom stereocenters. The highest BCUT2D eigenvalue weighted by Gasteiger charge is 2.10. The molecule has 0 aliphatic carbocycles. The van der Waals surface area contributed by atoms with Gasteiger partial charge in [-0.15, -0.1) is 5.10 Å². The fourth-order valence-electron chi connectivity index (χ4n) is 3.08. The third-order valence-corrected chi connectivity index (χ3v) is 4.36. The van der Waals surface area contributed by atoms with Crippen LogP contribution in [0.3, 0.4) is 0 Å². The lowest BCUT2D eigenvalue weighted by molar-refractivity contribution is 0.473. The molecule has 4 aromatic rings. The zero-order valence-electron chi connectivity index (χ0n) is 15.0. The highest BCUT2D eigenvalue weighted by atomic mass is 16.5. The summed E-state index contributed by atoms with van der Waals surface area (Å²) in [5.74, 6) is 5.67. The summed E-state index contributed by atoms with van der Waals surface area (Å²) in [6, 6.07) is 14.0. The van der Waals surface area contributed by atoms with Crippen LogP contribution in [0, 0.1) is 0 Å². The molecule has 0 saturated carbocycles. The summed E-state index contributed by atoms with van der Waals surface area (Å²) in [6.45, 7) is 3.54. The van der Waals surface area contributed by atoms with E-state index in [2.05, 4.69) is 32.7 Å². The van der Waals surface area contributed by atoms with Crippen molar-refractivity contribution in [1.29, 1.82) is 0 Å². The molecule has 0 radical (unpaired) electrons. The van der Waals surface area contributed by atoms with Gasteiger partial charge in [-0.25, -0.2) is 0 Å². The van der Waals surface area contributed by atoms with Crippen molar-refractivity contribution >= 4 is 16.8 Å². The number of nitrogens with two attached hydrogens (primary N) is 1. The van der Waals surface area contributed by atoms with E-state index >= 15 is 0 Å². The maximum Gasteiger partial charge on any atom is 0.244 e. The molecule has 4 rings (SSSR count). The number of benzene rings is 1. The van der Waals surface area contributed by atoms with Crippen molar-refractivity contribution in [2.75, 3.05) is 0 Å². The van der Waals surface area contributed by atoms with E-state index in [1.54, 1.807) is 24.8 Å². The lowest BCUT2D eigenvalue weighted by Gasteiger charge is -2.10. The number of aromatic nitrogens is 3. The first-order valence-corrected chi connectivity index (χ1v) is 8.60. The molecule has 0 spiro atoms. The van der Waals surface area contributed by atoms with Gasteiger partial charge in [0, 0.05) is 41.9 Å². The van der Waals surface area contributed by atoms with E-state index in [0.717, 1.165) is 33.2 Å². The number of nitrogens with zero attached hydrogens (tertiary/aromatic N) is 4. The van der Waals surface area contributed by atoms with Crippen LogP contribution in [0.2, 0.25) is 0 Å². The normalized spacial score (nSPS) is 11.4. The van der Waals surface area contributed by atoms with Crippen LogP contribution in [0.25, 0.3) is 33.2 Å². The second-order valence-corrected chi connectivity index (χ2v) is 6.01. The molecule has 0 saturated heterocycles. The van der Waals surface area contributed by atoms with Crippen LogP contribution in [0.1, 0.15) is 5.56 Å². The van der Waals surface area contributed by atoms with E-state index in [0.29, 0.717) is 5.56 Å². The zero-order chi connectivity index (χ0) is 19.3. The van der Waals surface area contributed by atoms with Gasteiger partial charge >= 0.3 is 0 Å². The molecule has 3 aromatic heterocycles. The Morgan fingerprint density at radius 3 is 2.57 bits per heavy atom. The Bertz CT molecular complexity index is 1170. The molecule has 0 fully saturated rings. The van der Waals surface area contributed by atoms with Gasteiger partial charge in [0.2, 0.25) is 5.90 Å². The average Bonchev–Trinajstić information content (AvgIpc) is 2.77. The number of ether oxygens (including phenoxy) is 1. The van der Waals surface area contributed by atoms with Crippen LogP contribution in [0.5, 0.6) is 0 Å². The van der Waals surface area contributed by atoms with E-state index in [1.807, 2.05) is 42.6 Å². The van der Waals surface area contributed by atoms with Crippen molar-refractivity contribution in [2.45, 2.75) is 0 Å². The lowest BCUT2D eigenvalue weighted by Crippen LogP contribution is -2.06. The van der Waals surface area contributed by atoms with E-state index in [-0.39, 0.29) is 5.90 Å². The van der Waals surface area contributed by atoms with Crippen LogP contribution in [0.4, 0.5) is 0 Å². The molecule has 0 aliphatic heterocycles. The van der Waals surface area contributed by atoms with Crippen LogP contribution < -0.4 is 5.84 Å². The molecule has 0 amide bonds. The summed E-state index contributed by atoms with van der Waals surface area (Å²) in [7, 11) is 0. The van der Waals surface area contributed by atoms with Gasteiger partial charge in [0.05, 0.1) is 17.3 Å². The zero-order valence-corrected chi connectivity index (χ0v) is 15.0. The highest BCUT2D eigenvalue weighted by Crippen LogP contribution is 2.31. The Labute approximate surface area is 162 Å². The van der Waals surface area contributed by atoms with E-state index in [4.69, 9.17) is 10.6 Å². The van der Waals surface area contributed by atoms with Gasteiger partial charge in [0.25, 0.3) is 0 Å². The minimum absolute atomic E-state index is 0.254. The van der Waals surface area contributed by atoms with Crippen molar-refractivity contribution < 1.29 is 4.74 Å². The highest BCUT2D eigenvalue weighted by molar-refractivity contribution is 5.98. The molecule has 3 heterocycles. The summed E-state index contributed by atoms with van der Waals surface area (Å²) >= 11 is 0. The number of hydrogen-bond donors (Lipinski definition) is 1. The van der Waals surface area contributed by atoms with Gasteiger partial charge in [0.15, 0.2) is 0 Å². The van der Waals surface area contributed by atoms with Crippen molar-refractivity contribution in [3.63, 3.8) is 0 Å². The van der Waals surface area contributed by atoms with Crippen LogP contribution in [-0.4, -0.2) is 20.8 Å². The summed E-state index contributed by atoms with van der Waals surface area (Å²) < 4.78 is 5.25. The van der Waals surface area contributed by atoms with Crippen molar-refractivity contribution in [3.8, 4) is 22.3 Å². The van der Waals surface area contributed by atoms with Crippen molar-refractivity contribution in [3.05, 3.63) is 91.9 Å². The Balaban J connectivity index is 1.84. The topological polar surface area (TPSA) is 86.3 Å². The Morgan fingerprint density at radius 2 is 1.79 bits per heavy atom. The molecular weight excluding hydrogens is 350 g/mol. The van der Waals surface area contributed by atoms with Crippen LogP contribution >= 0.6 is 0 Å². The summed E-state index contributed by atoms with van der Waals surface area (Å²) in [5, 5.41) is 4.70. The van der Waals surface area contributed by atoms with Gasteiger partial charge < -0.3 is 10.6 Å². The summed E-state index contributed by atoms with van der Waals surface area (Å²) in [5.41, 5.74) is 5.68. The molecule has 0 bridgehead atoms. The average molecular weight is 367 g/mol. The van der Waals surface area contributed by atoms with Gasteiger partial charge in [-0.1, -0.05) is 12.6 Å². The minimum Gasteiger partial charge on any atom is -0.446 e. The van der Waals surface area contributed by atoms with E-state index in [9.17, 15) is 0 Å². The van der Waals surface area contributed by atoms with Crippen LogP contribution in [0.15, 0.2) is 91.4 Å². The molecule has 0 aliphatic rings.